The number of dihydropyridines is 1. The summed E-state index contributed by atoms with van der Waals surface area (Å²) in [7, 11) is 0. The molecule has 4 atom stereocenters. The molecule has 0 fully saturated rings. The molecule has 1 unspecified atom stereocenters. The van der Waals surface area contributed by atoms with E-state index in [0.29, 0.717) is 12.2 Å². The monoisotopic (exact) mass is 388 g/mol. The summed E-state index contributed by atoms with van der Waals surface area (Å²) < 4.78 is 6.00. The maximum atomic E-state index is 11.8. The van der Waals surface area contributed by atoms with E-state index in [2.05, 4.69) is 17.4 Å². The normalized spacial score (nSPS) is 20.6. The van der Waals surface area contributed by atoms with Crippen LogP contribution in [0.3, 0.4) is 0 Å². The van der Waals surface area contributed by atoms with E-state index in [1.165, 1.54) is 5.56 Å². The Hall–Kier alpha value is -2.31. The topological polar surface area (TPSA) is 105 Å². The predicted octanol–water partition coefficient (Wildman–Crippen LogP) is 2.58. The van der Waals surface area contributed by atoms with Gasteiger partial charge in [0.25, 0.3) is 0 Å². The van der Waals surface area contributed by atoms with Gasteiger partial charge in [-0.05, 0) is 37.0 Å². The van der Waals surface area contributed by atoms with Crippen molar-refractivity contribution in [1.82, 2.24) is 5.32 Å². The Balaban J connectivity index is 2.02. The van der Waals surface area contributed by atoms with Crippen LogP contribution in [0.25, 0.3) is 0 Å². The second kappa shape index (κ2) is 9.75. The highest BCUT2D eigenvalue weighted by molar-refractivity contribution is 5.78. The number of nitrogens with two attached hydrogens (primary N) is 1. The van der Waals surface area contributed by atoms with Crippen molar-refractivity contribution < 1.29 is 19.7 Å². The Kier molecular flexibility index (Phi) is 7.66. The fourth-order valence-corrected chi connectivity index (χ4v) is 3.41. The number of ether oxygens (including phenoxy) is 1. The van der Waals surface area contributed by atoms with Crippen LogP contribution in [0.4, 0.5) is 0 Å². The van der Waals surface area contributed by atoms with E-state index in [1.807, 2.05) is 39.0 Å². The first-order valence-electron chi connectivity index (χ1n) is 9.77. The third-order valence-corrected chi connectivity index (χ3v) is 4.87. The van der Waals surface area contributed by atoms with Crippen molar-refractivity contribution in [2.45, 2.75) is 63.8 Å². The number of rotatable bonds is 10. The van der Waals surface area contributed by atoms with Crippen LogP contribution in [0.15, 0.2) is 54.4 Å². The molecule has 28 heavy (non-hydrogen) atoms. The van der Waals surface area contributed by atoms with Gasteiger partial charge in [-0.1, -0.05) is 44.2 Å². The summed E-state index contributed by atoms with van der Waals surface area (Å²) in [5.41, 5.74) is 5.22. The van der Waals surface area contributed by atoms with Crippen molar-refractivity contribution in [2.75, 3.05) is 0 Å². The molecule has 1 aromatic rings. The van der Waals surface area contributed by atoms with Gasteiger partial charge in [0.1, 0.15) is 5.76 Å². The van der Waals surface area contributed by atoms with Crippen LogP contribution in [0.5, 0.6) is 0 Å². The lowest BCUT2D eigenvalue weighted by Gasteiger charge is -2.34. The summed E-state index contributed by atoms with van der Waals surface area (Å²) in [5.74, 6) is -0.462. The molecular weight excluding hydrogens is 356 g/mol. The summed E-state index contributed by atoms with van der Waals surface area (Å²) >= 11 is 0. The predicted molar refractivity (Wildman–Crippen MR) is 109 cm³/mol. The van der Waals surface area contributed by atoms with Crippen LogP contribution in [-0.4, -0.2) is 40.0 Å². The number of benzene rings is 1. The number of hydrogen-bond donors (Lipinski definition) is 4. The van der Waals surface area contributed by atoms with Gasteiger partial charge in [-0.15, -0.1) is 0 Å². The van der Waals surface area contributed by atoms with Crippen LogP contribution >= 0.6 is 0 Å². The standard InChI is InChI=1S/C22H32N2O4/c1-15(2)11-20(23)22(27,21(25)26)14-18-13-19(9-10-24-18)28-16(3)12-17-7-5-4-6-8-17/h4-10,13,15-16,18,20,24,27H,11-12,14,23H2,1-3H3,(H,25,26)/t16-,18?,20+,22-/m1/s1. The summed E-state index contributed by atoms with van der Waals surface area (Å²) in [6.07, 6.45) is 6.42. The molecule has 1 aliphatic rings. The van der Waals surface area contributed by atoms with Crippen molar-refractivity contribution in [1.29, 1.82) is 0 Å². The molecule has 0 saturated carbocycles. The highest BCUT2D eigenvalue weighted by Crippen LogP contribution is 2.25. The van der Waals surface area contributed by atoms with Crippen molar-refractivity contribution in [3.8, 4) is 0 Å². The Labute approximate surface area is 167 Å². The lowest BCUT2D eigenvalue weighted by atomic mass is 9.83. The second-order valence-electron chi connectivity index (χ2n) is 7.96. The maximum Gasteiger partial charge on any atom is 0.337 e. The van der Waals surface area contributed by atoms with Gasteiger partial charge in [0, 0.05) is 25.1 Å². The van der Waals surface area contributed by atoms with Crippen molar-refractivity contribution >= 4 is 5.97 Å². The van der Waals surface area contributed by atoms with Gasteiger partial charge in [-0.25, -0.2) is 4.79 Å². The number of aliphatic carboxylic acids is 1. The minimum Gasteiger partial charge on any atom is -0.491 e. The first kappa shape index (κ1) is 22.0. The third-order valence-electron chi connectivity index (χ3n) is 4.87. The van der Waals surface area contributed by atoms with Gasteiger partial charge in [0.2, 0.25) is 0 Å². The van der Waals surface area contributed by atoms with Crippen LogP contribution in [0.2, 0.25) is 0 Å². The molecule has 1 aromatic carbocycles. The number of aliphatic hydroxyl groups is 1. The zero-order valence-electron chi connectivity index (χ0n) is 16.8. The fraction of sp³-hybridized carbons (Fsp3) is 0.500. The van der Waals surface area contributed by atoms with Crippen LogP contribution in [0.1, 0.15) is 39.2 Å². The number of nitrogens with one attached hydrogen (secondary N) is 1. The van der Waals surface area contributed by atoms with Gasteiger partial charge in [-0.3, -0.25) is 0 Å². The molecule has 0 aromatic heterocycles. The van der Waals surface area contributed by atoms with Gasteiger partial charge < -0.3 is 26.0 Å². The third kappa shape index (κ3) is 6.11. The van der Waals surface area contributed by atoms with E-state index in [1.54, 1.807) is 18.4 Å². The molecular formula is C22H32N2O4. The quantitative estimate of drug-likeness (QED) is 0.491. The summed E-state index contributed by atoms with van der Waals surface area (Å²) in [5, 5.41) is 23.4. The lowest BCUT2D eigenvalue weighted by molar-refractivity contribution is -0.162. The lowest BCUT2D eigenvalue weighted by Crippen LogP contribution is -2.57. The fourth-order valence-electron chi connectivity index (χ4n) is 3.41. The molecule has 5 N–H and O–H groups in total. The Morgan fingerprint density at radius 3 is 2.57 bits per heavy atom. The van der Waals surface area contributed by atoms with Gasteiger partial charge in [0.05, 0.1) is 12.1 Å². The van der Waals surface area contributed by atoms with E-state index in [9.17, 15) is 15.0 Å². The summed E-state index contributed by atoms with van der Waals surface area (Å²) in [6, 6.07) is 8.84. The van der Waals surface area contributed by atoms with Gasteiger partial charge >= 0.3 is 5.97 Å². The molecule has 6 heteroatoms. The van der Waals surface area contributed by atoms with Crippen LogP contribution in [-0.2, 0) is 16.0 Å². The molecule has 0 saturated heterocycles. The molecule has 0 amide bonds. The minimum atomic E-state index is -2.01. The van der Waals surface area contributed by atoms with Crippen LogP contribution < -0.4 is 11.1 Å². The Bertz CT molecular complexity index is 702. The molecule has 2 rings (SSSR count). The van der Waals surface area contributed by atoms with Crippen LogP contribution in [0, 0.1) is 5.92 Å². The zero-order valence-corrected chi connectivity index (χ0v) is 16.8. The minimum absolute atomic E-state index is 0.0412. The van der Waals surface area contributed by atoms with E-state index in [0.717, 1.165) is 6.42 Å². The van der Waals surface area contributed by atoms with Crippen molar-refractivity contribution in [3.63, 3.8) is 0 Å². The van der Waals surface area contributed by atoms with Crippen molar-refractivity contribution in [2.24, 2.45) is 11.7 Å². The molecule has 1 aliphatic heterocycles. The molecule has 0 spiro atoms. The summed E-state index contributed by atoms with van der Waals surface area (Å²) in [4.78, 5) is 11.8. The molecule has 6 nitrogen and oxygen atoms in total. The molecule has 0 radical (unpaired) electrons. The van der Waals surface area contributed by atoms with Gasteiger partial charge in [-0.2, -0.15) is 0 Å². The first-order valence-corrected chi connectivity index (χ1v) is 9.77. The number of carboxylic acid groups (broad SMARTS) is 1. The number of hydrogen-bond acceptors (Lipinski definition) is 5. The van der Waals surface area contributed by atoms with Gasteiger partial charge in [0.15, 0.2) is 5.60 Å². The highest BCUT2D eigenvalue weighted by atomic mass is 16.5. The Morgan fingerprint density at radius 2 is 1.96 bits per heavy atom. The molecule has 154 valence electrons. The van der Waals surface area contributed by atoms with Crippen molar-refractivity contribution in [3.05, 3.63) is 60.0 Å². The van der Waals surface area contributed by atoms with E-state index in [-0.39, 0.29) is 24.5 Å². The number of carbonyl (C=O) groups is 1. The largest absolute Gasteiger partial charge is 0.491 e. The smallest absolute Gasteiger partial charge is 0.337 e. The Morgan fingerprint density at radius 1 is 1.29 bits per heavy atom. The highest BCUT2D eigenvalue weighted by Gasteiger charge is 2.44. The van der Waals surface area contributed by atoms with E-state index in [4.69, 9.17) is 10.5 Å². The van der Waals surface area contributed by atoms with E-state index < -0.39 is 17.6 Å². The summed E-state index contributed by atoms with van der Waals surface area (Å²) in [6.45, 7) is 5.89. The zero-order chi connectivity index (χ0) is 20.7. The number of carboxylic acids is 1. The molecule has 0 bridgehead atoms. The van der Waals surface area contributed by atoms with E-state index >= 15 is 0 Å². The molecule has 0 aliphatic carbocycles. The maximum absolute atomic E-state index is 11.8. The second-order valence-corrected chi connectivity index (χ2v) is 7.96. The number of allylic oxidation sites excluding steroid dienone is 1. The first-order chi connectivity index (χ1) is 13.2. The molecule has 1 heterocycles. The SMILES string of the molecule is CC(C)C[C@H](N)[C@](O)(CC1C=C(O[C@H](C)Cc2ccccc2)C=CN1)C(=O)O. The average molecular weight is 389 g/mol. The average Bonchev–Trinajstić information content (AvgIpc) is 2.61.